The summed E-state index contributed by atoms with van der Waals surface area (Å²) in [5.41, 5.74) is 3.59. The highest BCUT2D eigenvalue weighted by molar-refractivity contribution is 5.88. The summed E-state index contributed by atoms with van der Waals surface area (Å²) in [5.74, 6) is -0.899. The van der Waals surface area contributed by atoms with Gasteiger partial charge < -0.3 is 14.7 Å². The van der Waals surface area contributed by atoms with Crippen molar-refractivity contribution in [3.8, 4) is 0 Å². The van der Waals surface area contributed by atoms with Gasteiger partial charge in [-0.2, -0.15) is 0 Å². The predicted molar refractivity (Wildman–Crippen MR) is 129 cm³/mol. The molecule has 172 valence electrons. The molecule has 0 amide bonds. The number of benzene rings is 2. The van der Waals surface area contributed by atoms with E-state index in [2.05, 4.69) is 58.4 Å². The number of aryl methyl sites for hydroxylation is 1. The van der Waals surface area contributed by atoms with Crippen molar-refractivity contribution in [2.45, 2.75) is 44.3 Å². The van der Waals surface area contributed by atoms with E-state index in [4.69, 9.17) is 4.74 Å². The number of ether oxygens (including phenoxy) is 1. The van der Waals surface area contributed by atoms with Crippen molar-refractivity contribution in [3.05, 3.63) is 101 Å². The summed E-state index contributed by atoms with van der Waals surface area (Å²) in [6.07, 6.45) is 8.21. The molecule has 1 fully saturated rings. The van der Waals surface area contributed by atoms with E-state index in [1.54, 1.807) is 6.20 Å². The Labute approximate surface area is 196 Å². The van der Waals surface area contributed by atoms with Crippen molar-refractivity contribution >= 4 is 5.97 Å². The van der Waals surface area contributed by atoms with Crippen LogP contribution >= 0.6 is 0 Å². The number of carbonyl (C=O) groups is 1. The Bertz CT molecular complexity index is 962. The number of carboxylic acid groups (broad SMARTS) is 1. The van der Waals surface area contributed by atoms with Crippen molar-refractivity contribution in [2.24, 2.45) is 0 Å². The fraction of sp³-hybridized carbons (Fsp3) is 0.357. The van der Waals surface area contributed by atoms with Crippen LogP contribution in [-0.2, 0) is 11.2 Å². The molecule has 0 unspecified atom stereocenters. The number of nitrogens with zero attached hydrogens (tertiary/aromatic N) is 2. The largest absolute Gasteiger partial charge is 0.478 e. The molecule has 0 aliphatic carbocycles. The van der Waals surface area contributed by atoms with Gasteiger partial charge in [0.1, 0.15) is 6.10 Å². The van der Waals surface area contributed by atoms with Gasteiger partial charge in [-0.15, -0.1) is 0 Å². The number of rotatable bonds is 10. The molecule has 0 spiro atoms. The van der Waals surface area contributed by atoms with Crippen LogP contribution < -0.4 is 0 Å². The third-order valence-corrected chi connectivity index (χ3v) is 6.38. The molecule has 0 atom stereocenters. The summed E-state index contributed by atoms with van der Waals surface area (Å²) in [5, 5.41) is 9.30. The second-order valence-corrected chi connectivity index (χ2v) is 8.67. The molecule has 5 heteroatoms. The predicted octanol–water partition coefficient (Wildman–Crippen LogP) is 5.37. The Morgan fingerprint density at radius 3 is 2.21 bits per heavy atom. The minimum absolute atomic E-state index is 0.0345. The number of carboxylic acids is 1. The SMILES string of the molecule is O=C(O)c1cnccc1CCCCN1CCC(OC(c2ccccc2)c2ccccc2)CC1. The second kappa shape index (κ2) is 11.7. The van der Waals surface area contributed by atoms with Gasteiger partial charge in [-0.25, -0.2) is 4.79 Å². The van der Waals surface area contributed by atoms with E-state index in [0.717, 1.165) is 57.3 Å². The lowest BCUT2D eigenvalue weighted by Crippen LogP contribution is -2.38. The summed E-state index contributed by atoms with van der Waals surface area (Å²) in [7, 11) is 0. The van der Waals surface area contributed by atoms with Crippen LogP contribution in [0.3, 0.4) is 0 Å². The molecule has 1 aliphatic heterocycles. The molecular formula is C28H32N2O3. The second-order valence-electron chi connectivity index (χ2n) is 8.67. The number of unbranched alkanes of at least 4 members (excludes halogenated alkanes) is 1. The molecular weight excluding hydrogens is 412 g/mol. The molecule has 1 N–H and O–H groups in total. The van der Waals surface area contributed by atoms with E-state index in [-0.39, 0.29) is 12.2 Å². The highest BCUT2D eigenvalue weighted by Gasteiger charge is 2.24. The normalized spacial score (nSPS) is 15.1. The topological polar surface area (TPSA) is 62.7 Å². The molecule has 4 rings (SSSR count). The van der Waals surface area contributed by atoms with Gasteiger partial charge in [-0.1, -0.05) is 60.7 Å². The first-order valence-corrected chi connectivity index (χ1v) is 11.8. The fourth-order valence-electron chi connectivity index (χ4n) is 4.55. The maximum Gasteiger partial charge on any atom is 0.337 e. The zero-order valence-electron chi connectivity index (χ0n) is 19.0. The number of likely N-dealkylation sites (tertiary alicyclic amines) is 1. The molecule has 1 aliphatic rings. The molecule has 3 aromatic rings. The average Bonchev–Trinajstić information content (AvgIpc) is 2.87. The van der Waals surface area contributed by atoms with Gasteiger partial charge in [-0.3, -0.25) is 4.98 Å². The molecule has 1 saturated heterocycles. The standard InChI is InChI=1S/C28H32N2O3/c31-28(32)26-21-29-17-14-22(26)9-7-8-18-30-19-15-25(16-20-30)33-27(23-10-3-1-4-11-23)24-12-5-2-6-13-24/h1-6,10-14,17,21,25,27H,7-9,15-16,18-20H2,(H,31,32). The minimum atomic E-state index is -0.899. The lowest BCUT2D eigenvalue weighted by atomic mass is 10.00. The lowest BCUT2D eigenvalue weighted by molar-refractivity contribution is -0.0270. The van der Waals surface area contributed by atoms with Crippen LogP contribution in [0.15, 0.2) is 79.1 Å². The Morgan fingerprint density at radius 2 is 1.61 bits per heavy atom. The average molecular weight is 445 g/mol. The number of pyridine rings is 1. The van der Waals surface area contributed by atoms with Crippen molar-refractivity contribution < 1.29 is 14.6 Å². The number of aromatic carboxylic acids is 1. The van der Waals surface area contributed by atoms with Gasteiger partial charge in [0, 0.05) is 25.5 Å². The zero-order valence-corrected chi connectivity index (χ0v) is 19.0. The van der Waals surface area contributed by atoms with Crippen LogP contribution in [0.4, 0.5) is 0 Å². The van der Waals surface area contributed by atoms with Gasteiger partial charge in [0.2, 0.25) is 0 Å². The third-order valence-electron chi connectivity index (χ3n) is 6.38. The highest BCUT2D eigenvalue weighted by atomic mass is 16.5. The maximum absolute atomic E-state index is 11.3. The van der Waals surface area contributed by atoms with Gasteiger partial charge in [0.15, 0.2) is 0 Å². The summed E-state index contributed by atoms with van der Waals surface area (Å²) in [6, 6.07) is 22.8. The molecule has 0 radical (unpaired) electrons. The van der Waals surface area contributed by atoms with E-state index in [9.17, 15) is 9.90 Å². The van der Waals surface area contributed by atoms with E-state index >= 15 is 0 Å². The van der Waals surface area contributed by atoms with Crippen LogP contribution in [0.1, 0.15) is 58.8 Å². The molecule has 0 saturated carbocycles. The Hall–Kier alpha value is -3.02. The lowest BCUT2D eigenvalue weighted by Gasteiger charge is -2.34. The molecule has 2 aromatic carbocycles. The fourth-order valence-corrected chi connectivity index (χ4v) is 4.55. The first kappa shape index (κ1) is 23.1. The minimum Gasteiger partial charge on any atom is -0.478 e. The summed E-state index contributed by atoms with van der Waals surface area (Å²) >= 11 is 0. The smallest absolute Gasteiger partial charge is 0.337 e. The van der Waals surface area contributed by atoms with Gasteiger partial charge in [0.05, 0.1) is 11.7 Å². The van der Waals surface area contributed by atoms with Gasteiger partial charge in [-0.05, 0) is 61.4 Å². The molecule has 33 heavy (non-hydrogen) atoms. The Balaban J connectivity index is 1.24. The summed E-state index contributed by atoms with van der Waals surface area (Å²) < 4.78 is 6.64. The molecule has 1 aromatic heterocycles. The monoisotopic (exact) mass is 444 g/mol. The van der Waals surface area contributed by atoms with Gasteiger partial charge >= 0.3 is 5.97 Å². The Kier molecular flexibility index (Phi) is 8.23. The number of hydrogen-bond acceptors (Lipinski definition) is 4. The van der Waals surface area contributed by atoms with Gasteiger partial charge in [0.25, 0.3) is 0 Å². The maximum atomic E-state index is 11.3. The van der Waals surface area contributed by atoms with Crippen LogP contribution in [0.2, 0.25) is 0 Å². The third kappa shape index (κ3) is 6.50. The van der Waals surface area contributed by atoms with E-state index in [1.165, 1.54) is 17.3 Å². The molecule has 0 bridgehead atoms. The summed E-state index contributed by atoms with van der Waals surface area (Å²) in [6.45, 7) is 3.12. The van der Waals surface area contributed by atoms with Crippen LogP contribution in [0.25, 0.3) is 0 Å². The van der Waals surface area contributed by atoms with E-state index in [1.807, 2.05) is 18.2 Å². The van der Waals surface area contributed by atoms with Crippen molar-refractivity contribution in [3.63, 3.8) is 0 Å². The number of aromatic nitrogens is 1. The first-order valence-electron chi connectivity index (χ1n) is 11.8. The van der Waals surface area contributed by atoms with Crippen molar-refractivity contribution in [1.29, 1.82) is 0 Å². The zero-order chi connectivity index (χ0) is 22.9. The van der Waals surface area contributed by atoms with E-state index < -0.39 is 5.97 Å². The van der Waals surface area contributed by atoms with Crippen LogP contribution in [-0.4, -0.2) is 46.7 Å². The van der Waals surface area contributed by atoms with Crippen LogP contribution in [0, 0.1) is 0 Å². The molecule has 5 nitrogen and oxygen atoms in total. The number of hydrogen-bond donors (Lipinski definition) is 1. The first-order chi connectivity index (χ1) is 16.2. The number of piperidine rings is 1. The van der Waals surface area contributed by atoms with Crippen molar-refractivity contribution in [1.82, 2.24) is 9.88 Å². The van der Waals surface area contributed by atoms with Crippen molar-refractivity contribution in [2.75, 3.05) is 19.6 Å². The van der Waals surface area contributed by atoms with Crippen LogP contribution in [0.5, 0.6) is 0 Å². The quantitative estimate of drug-likeness (QED) is 0.426. The Morgan fingerprint density at radius 1 is 0.970 bits per heavy atom. The highest BCUT2D eigenvalue weighted by Crippen LogP contribution is 2.30. The van der Waals surface area contributed by atoms with E-state index in [0.29, 0.717) is 5.56 Å². The molecule has 2 heterocycles. The summed E-state index contributed by atoms with van der Waals surface area (Å²) in [4.78, 5) is 17.8.